The number of hydrogen-bond donors (Lipinski definition) is 0. The minimum Gasteiger partial charge on any atom is -0.340 e. The van der Waals surface area contributed by atoms with Crippen molar-refractivity contribution in [2.45, 2.75) is 32.4 Å². The Bertz CT molecular complexity index is 669. The van der Waals surface area contributed by atoms with Crippen LogP contribution in [0, 0.1) is 0 Å². The van der Waals surface area contributed by atoms with Gasteiger partial charge in [-0.05, 0) is 20.3 Å². The first-order valence-electron chi connectivity index (χ1n) is 8.26. The van der Waals surface area contributed by atoms with E-state index >= 15 is 0 Å². The second-order valence-electron chi connectivity index (χ2n) is 6.52. The van der Waals surface area contributed by atoms with Crippen LogP contribution in [-0.2, 0) is 24.7 Å². The highest BCUT2D eigenvalue weighted by Crippen LogP contribution is 2.19. The molecule has 2 heterocycles. The highest BCUT2D eigenvalue weighted by Gasteiger charge is 2.36. The lowest BCUT2D eigenvalue weighted by molar-refractivity contribution is -0.137. The fourth-order valence-corrected chi connectivity index (χ4v) is 6.12. The third kappa shape index (κ3) is 4.27. The molecule has 2 rings (SSSR count). The van der Waals surface area contributed by atoms with E-state index in [1.165, 1.54) is 4.31 Å². The van der Waals surface area contributed by atoms with Crippen molar-refractivity contribution in [2.24, 2.45) is 0 Å². The summed E-state index contributed by atoms with van der Waals surface area (Å²) in [5.41, 5.74) is 0. The van der Waals surface area contributed by atoms with Gasteiger partial charge in [0.25, 0.3) is 0 Å². The van der Waals surface area contributed by atoms with E-state index in [1.807, 2.05) is 4.90 Å². The summed E-state index contributed by atoms with van der Waals surface area (Å²) in [6.45, 7) is 5.20. The van der Waals surface area contributed by atoms with Crippen molar-refractivity contribution in [3.63, 3.8) is 0 Å². The molecule has 0 aliphatic carbocycles. The largest absolute Gasteiger partial charge is 0.340 e. The Morgan fingerprint density at radius 2 is 1.83 bits per heavy atom. The average Bonchev–Trinajstić information content (AvgIpc) is 2.92. The van der Waals surface area contributed by atoms with Crippen molar-refractivity contribution in [1.82, 2.24) is 14.1 Å². The Balaban J connectivity index is 1.93. The predicted octanol–water partition coefficient (Wildman–Crippen LogP) is -1.01. The number of piperazine rings is 1. The van der Waals surface area contributed by atoms with Gasteiger partial charge in [0.2, 0.25) is 15.9 Å². The van der Waals surface area contributed by atoms with Gasteiger partial charge in [0, 0.05) is 39.3 Å². The molecule has 8 nitrogen and oxygen atoms in total. The molecule has 0 radical (unpaired) electrons. The van der Waals surface area contributed by atoms with E-state index in [0.29, 0.717) is 32.6 Å². The molecule has 2 aliphatic rings. The minimum absolute atomic E-state index is 0.0322. The van der Waals surface area contributed by atoms with Crippen LogP contribution in [0.5, 0.6) is 0 Å². The van der Waals surface area contributed by atoms with Crippen molar-refractivity contribution < 1.29 is 21.6 Å². The molecule has 2 saturated heterocycles. The number of amides is 1. The number of rotatable bonds is 5. The van der Waals surface area contributed by atoms with E-state index in [9.17, 15) is 21.6 Å². The van der Waals surface area contributed by atoms with E-state index in [2.05, 4.69) is 0 Å². The second kappa shape index (κ2) is 7.27. The number of hydrogen-bond acceptors (Lipinski definition) is 6. The van der Waals surface area contributed by atoms with Crippen LogP contribution in [0.15, 0.2) is 0 Å². The van der Waals surface area contributed by atoms with Gasteiger partial charge >= 0.3 is 0 Å². The standard InChI is InChI=1S/C14H27N3O5S2/c1-4-24(21,22)17-8-6-16(7-9-17)12(2)14(18)15(3)13-5-10-23(19,20)11-13/h12-13H,4-11H2,1-3H3. The first-order valence-corrected chi connectivity index (χ1v) is 11.7. The maximum Gasteiger partial charge on any atom is 0.239 e. The van der Waals surface area contributed by atoms with Crippen molar-refractivity contribution in [3.8, 4) is 0 Å². The molecule has 1 amide bonds. The fourth-order valence-electron chi connectivity index (χ4n) is 3.26. The number of carbonyl (C=O) groups is 1. The van der Waals surface area contributed by atoms with Crippen LogP contribution in [0.4, 0.5) is 0 Å². The fraction of sp³-hybridized carbons (Fsp3) is 0.929. The van der Waals surface area contributed by atoms with Gasteiger partial charge in [0.05, 0.1) is 23.3 Å². The summed E-state index contributed by atoms with van der Waals surface area (Å²) in [5.74, 6) is 0.145. The van der Waals surface area contributed by atoms with Gasteiger partial charge in [-0.15, -0.1) is 0 Å². The summed E-state index contributed by atoms with van der Waals surface area (Å²) in [4.78, 5) is 16.1. The Kier molecular flexibility index (Phi) is 5.94. The molecule has 2 unspecified atom stereocenters. The highest BCUT2D eigenvalue weighted by molar-refractivity contribution is 7.91. The van der Waals surface area contributed by atoms with Gasteiger partial charge in [-0.25, -0.2) is 16.8 Å². The zero-order valence-corrected chi connectivity index (χ0v) is 16.1. The van der Waals surface area contributed by atoms with E-state index in [1.54, 1.807) is 25.8 Å². The number of nitrogens with zero attached hydrogens (tertiary/aromatic N) is 3. The molecule has 10 heteroatoms. The molecule has 0 bridgehead atoms. The molecule has 0 N–H and O–H groups in total. The van der Waals surface area contributed by atoms with Gasteiger partial charge in [0.1, 0.15) is 0 Å². The number of sulfone groups is 1. The molecule has 0 spiro atoms. The van der Waals surface area contributed by atoms with Crippen molar-refractivity contribution in [3.05, 3.63) is 0 Å². The van der Waals surface area contributed by atoms with Crippen molar-refractivity contribution >= 4 is 25.8 Å². The number of likely N-dealkylation sites (N-methyl/N-ethyl adjacent to an activating group) is 1. The Labute approximate surface area is 144 Å². The SMILES string of the molecule is CCS(=O)(=O)N1CCN(C(C)C(=O)N(C)C2CCS(=O)(=O)C2)CC1. The summed E-state index contributed by atoms with van der Waals surface area (Å²) in [6.07, 6.45) is 0.486. The molecular weight excluding hydrogens is 354 g/mol. The monoisotopic (exact) mass is 381 g/mol. The number of carbonyl (C=O) groups excluding carboxylic acids is 1. The van der Waals surface area contributed by atoms with Crippen molar-refractivity contribution in [2.75, 3.05) is 50.5 Å². The first-order chi connectivity index (χ1) is 11.1. The Morgan fingerprint density at radius 3 is 2.29 bits per heavy atom. The van der Waals surface area contributed by atoms with Gasteiger partial charge in [0.15, 0.2) is 9.84 Å². The van der Waals surface area contributed by atoms with Crippen LogP contribution < -0.4 is 0 Å². The Hall–Kier alpha value is -0.710. The van der Waals surface area contributed by atoms with Crippen LogP contribution in [0.3, 0.4) is 0 Å². The van der Waals surface area contributed by atoms with E-state index in [0.717, 1.165) is 0 Å². The molecule has 0 aromatic heterocycles. The second-order valence-corrected chi connectivity index (χ2v) is 11.0. The smallest absolute Gasteiger partial charge is 0.239 e. The lowest BCUT2D eigenvalue weighted by atomic mass is 10.1. The van der Waals surface area contributed by atoms with E-state index in [4.69, 9.17) is 0 Å². The quantitative estimate of drug-likeness (QED) is 0.605. The number of sulfonamides is 1. The highest BCUT2D eigenvalue weighted by atomic mass is 32.2. The Morgan fingerprint density at radius 1 is 1.25 bits per heavy atom. The summed E-state index contributed by atoms with van der Waals surface area (Å²) in [7, 11) is -4.57. The summed E-state index contributed by atoms with van der Waals surface area (Å²) in [6, 6.07) is -0.642. The van der Waals surface area contributed by atoms with E-state index < -0.39 is 19.9 Å². The minimum atomic E-state index is -3.19. The van der Waals surface area contributed by atoms with Crippen LogP contribution in [0.1, 0.15) is 20.3 Å². The third-order valence-electron chi connectivity index (χ3n) is 5.04. The van der Waals surface area contributed by atoms with Crippen LogP contribution >= 0.6 is 0 Å². The molecule has 0 saturated carbocycles. The molecule has 2 aliphatic heterocycles. The molecule has 2 fully saturated rings. The topological polar surface area (TPSA) is 95.1 Å². The van der Waals surface area contributed by atoms with Gasteiger partial charge < -0.3 is 4.90 Å². The normalized spacial score (nSPS) is 27.0. The predicted molar refractivity (Wildman–Crippen MR) is 91.9 cm³/mol. The molecule has 140 valence electrons. The molecule has 24 heavy (non-hydrogen) atoms. The van der Waals surface area contributed by atoms with Crippen LogP contribution in [-0.4, -0.2) is 99.4 Å². The van der Waals surface area contributed by atoms with Crippen LogP contribution in [0.25, 0.3) is 0 Å². The van der Waals surface area contributed by atoms with Gasteiger partial charge in [-0.3, -0.25) is 9.69 Å². The maximum absolute atomic E-state index is 12.6. The summed E-state index contributed by atoms with van der Waals surface area (Å²) < 4.78 is 48.4. The summed E-state index contributed by atoms with van der Waals surface area (Å²) in [5, 5.41) is 0. The zero-order valence-electron chi connectivity index (χ0n) is 14.5. The third-order valence-corrected chi connectivity index (χ3v) is 8.67. The van der Waals surface area contributed by atoms with Crippen LogP contribution in [0.2, 0.25) is 0 Å². The van der Waals surface area contributed by atoms with Gasteiger partial charge in [-0.1, -0.05) is 0 Å². The molecule has 0 aromatic carbocycles. The van der Waals surface area contributed by atoms with Gasteiger partial charge in [-0.2, -0.15) is 4.31 Å². The maximum atomic E-state index is 12.6. The lowest BCUT2D eigenvalue weighted by Crippen LogP contribution is -2.56. The molecule has 2 atom stereocenters. The average molecular weight is 382 g/mol. The van der Waals surface area contributed by atoms with Crippen molar-refractivity contribution in [1.29, 1.82) is 0 Å². The lowest BCUT2D eigenvalue weighted by Gasteiger charge is -2.38. The summed E-state index contributed by atoms with van der Waals surface area (Å²) >= 11 is 0. The van der Waals surface area contributed by atoms with E-state index in [-0.39, 0.29) is 35.2 Å². The molecule has 0 aromatic rings. The first kappa shape index (κ1) is 19.6. The zero-order chi connectivity index (χ0) is 18.1. The molecular formula is C14H27N3O5S2.